The SMILES string of the molecule is C[C@H](O)C(CO)OC(OC1C(CO)OC(O[C@@H](C)C(CO)OC(OC2C(CO)OC(OC3C(CO)OC(OCCCN)C(O)C3O)C(O)C2O)[C@H](C)O)C(O)C1O)[C@@H](O)CO. The third kappa shape index (κ3) is 14.2. The van der Waals surface area contributed by atoms with Crippen LogP contribution in [0.2, 0.25) is 0 Å². The molecule has 23 atom stereocenters. The predicted octanol–water partition coefficient (Wildman–Crippen LogP) is -9.25. The molecule has 26 heteroatoms. The average Bonchev–Trinajstić information content (AvgIpc) is 3.24. The molecule has 0 bridgehead atoms. The van der Waals surface area contributed by atoms with E-state index < -0.39 is 181 Å². The highest BCUT2D eigenvalue weighted by Crippen LogP contribution is 2.32. The van der Waals surface area contributed by atoms with Crippen molar-refractivity contribution in [1.82, 2.24) is 0 Å². The van der Waals surface area contributed by atoms with E-state index >= 15 is 0 Å². The van der Waals surface area contributed by atoms with E-state index in [-0.39, 0.29) is 13.2 Å². The van der Waals surface area contributed by atoms with Gasteiger partial charge in [0, 0.05) is 0 Å². The second-order valence-electron chi connectivity index (χ2n) is 15.0. The molecule has 17 N–H and O–H groups in total. The zero-order valence-corrected chi connectivity index (χ0v) is 34.0. The van der Waals surface area contributed by atoms with E-state index in [4.69, 9.17) is 53.1 Å². The highest BCUT2D eigenvalue weighted by Gasteiger charge is 2.53. The Hall–Kier alpha value is -1.04. The van der Waals surface area contributed by atoms with Crippen LogP contribution in [-0.2, 0) is 47.4 Å². The van der Waals surface area contributed by atoms with Gasteiger partial charge in [-0.05, 0) is 33.7 Å². The number of aliphatic hydroxyl groups is 15. The van der Waals surface area contributed by atoms with Gasteiger partial charge in [0.1, 0.15) is 97.7 Å². The van der Waals surface area contributed by atoms with Crippen molar-refractivity contribution in [3.8, 4) is 0 Å². The molecule has 362 valence electrons. The third-order valence-corrected chi connectivity index (χ3v) is 10.2. The fourth-order valence-corrected chi connectivity index (χ4v) is 6.59. The lowest BCUT2D eigenvalue weighted by molar-refractivity contribution is -0.374. The summed E-state index contributed by atoms with van der Waals surface area (Å²) in [5.41, 5.74) is 5.45. The minimum atomic E-state index is -1.99. The fraction of sp³-hybridized carbons (Fsp3) is 1.00. The molecular weight excluding hydrogens is 834 g/mol. The topological polar surface area (TPSA) is 422 Å². The maximum atomic E-state index is 11.2. The summed E-state index contributed by atoms with van der Waals surface area (Å²) >= 11 is 0. The van der Waals surface area contributed by atoms with Crippen molar-refractivity contribution in [2.45, 2.75) is 169 Å². The number of rotatable bonds is 26. The van der Waals surface area contributed by atoms with E-state index in [2.05, 4.69) is 0 Å². The molecule has 0 aliphatic carbocycles. The molecule has 3 fully saturated rings. The van der Waals surface area contributed by atoms with E-state index in [0.29, 0.717) is 6.42 Å². The monoisotopic (exact) mass is 901 g/mol. The van der Waals surface area contributed by atoms with Gasteiger partial charge in [-0.15, -0.1) is 0 Å². The lowest BCUT2D eigenvalue weighted by Crippen LogP contribution is -2.65. The van der Waals surface area contributed by atoms with Crippen molar-refractivity contribution in [3.05, 3.63) is 0 Å². The number of nitrogens with two attached hydrogens (primary N) is 1. The first kappa shape index (κ1) is 54.3. The molecule has 0 saturated carbocycles. The first-order chi connectivity index (χ1) is 28.9. The van der Waals surface area contributed by atoms with Crippen LogP contribution in [0, 0.1) is 0 Å². The molecular formula is C35H67NO25. The first-order valence-electron chi connectivity index (χ1n) is 19.9. The van der Waals surface area contributed by atoms with Crippen LogP contribution in [0.15, 0.2) is 0 Å². The standard InChI is InChI=1S/C35H67NO25/c1-13(43)17(8-38)54-32(16(45)7-37)60-29-21(12-42)57-34(26(50)23(29)47)53-15(3)18(9-39)55-31(14(2)44)59-28-20(11-41)58-35(27(51)24(28)48)61-30-19(10-40)56-33(25(49)22(30)46)52-6-4-5-36/h13-35,37-51H,4-12,36H2,1-3H3/t13-,14-,15-,16-,17?,18?,19?,20?,21?,22?,23?,24?,25?,26?,27?,28?,29?,30?,31?,32?,33?,34?,35?/m0/s1. The van der Waals surface area contributed by atoms with Gasteiger partial charge in [-0.2, -0.15) is 0 Å². The maximum Gasteiger partial charge on any atom is 0.187 e. The lowest BCUT2D eigenvalue weighted by atomic mass is 9.96. The Kier molecular flexibility index (Phi) is 23.3. The van der Waals surface area contributed by atoms with Gasteiger partial charge in [0.05, 0.1) is 58.5 Å². The molecule has 26 nitrogen and oxygen atoms in total. The molecule has 0 aromatic heterocycles. The Morgan fingerprint density at radius 3 is 1.48 bits per heavy atom. The van der Waals surface area contributed by atoms with Gasteiger partial charge in [0.25, 0.3) is 0 Å². The summed E-state index contributed by atoms with van der Waals surface area (Å²) in [4.78, 5) is 0. The number of aliphatic hydroxyl groups excluding tert-OH is 15. The Labute approximate surface area is 351 Å². The quantitative estimate of drug-likeness (QED) is 0.0283. The summed E-state index contributed by atoms with van der Waals surface area (Å²) in [7, 11) is 0. The molecule has 3 rings (SSSR count). The Morgan fingerprint density at radius 2 is 0.984 bits per heavy atom. The van der Waals surface area contributed by atoms with Crippen molar-refractivity contribution in [2.24, 2.45) is 5.73 Å². The lowest BCUT2D eigenvalue weighted by Gasteiger charge is -2.47. The van der Waals surface area contributed by atoms with Crippen LogP contribution >= 0.6 is 0 Å². The van der Waals surface area contributed by atoms with Crippen molar-refractivity contribution in [3.63, 3.8) is 0 Å². The summed E-state index contributed by atoms with van der Waals surface area (Å²) in [6.07, 6.45) is -37.3. The molecule has 61 heavy (non-hydrogen) atoms. The van der Waals surface area contributed by atoms with Crippen LogP contribution in [0.5, 0.6) is 0 Å². The van der Waals surface area contributed by atoms with Gasteiger partial charge in [0.15, 0.2) is 31.5 Å². The van der Waals surface area contributed by atoms with E-state index in [0.717, 1.165) is 0 Å². The normalized spacial score (nSPS) is 38.9. The van der Waals surface area contributed by atoms with Gasteiger partial charge in [0.2, 0.25) is 0 Å². The second kappa shape index (κ2) is 26.2. The molecule has 3 aliphatic heterocycles. The summed E-state index contributed by atoms with van der Waals surface area (Å²) in [6, 6.07) is 0. The van der Waals surface area contributed by atoms with Crippen LogP contribution in [0.25, 0.3) is 0 Å². The number of hydrogen-bond acceptors (Lipinski definition) is 26. The zero-order chi connectivity index (χ0) is 45.7. The summed E-state index contributed by atoms with van der Waals surface area (Å²) in [5.74, 6) is 0. The van der Waals surface area contributed by atoms with Crippen molar-refractivity contribution in [2.75, 3.05) is 52.8 Å². The maximum absolute atomic E-state index is 11.2. The smallest absolute Gasteiger partial charge is 0.187 e. The van der Waals surface area contributed by atoms with Gasteiger partial charge in [-0.1, -0.05) is 0 Å². The molecule has 19 unspecified atom stereocenters. The minimum Gasteiger partial charge on any atom is -0.394 e. The van der Waals surface area contributed by atoms with Crippen LogP contribution in [0.4, 0.5) is 0 Å². The van der Waals surface area contributed by atoms with Crippen LogP contribution in [-0.4, -0.2) is 271 Å². The second-order valence-corrected chi connectivity index (χ2v) is 15.0. The average molecular weight is 902 g/mol. The molecule has 0 aromatic rings. The summed E-state index contributed by atoms with van der Waals surface area (Å²) in [5, 5.41) is 156. The summed E-state index contributed by atoms with van der Waals surface area (Å²) < 4.78 is 56.1. The van der Waals surface area contributed by atoms with E-state index in [1.807, 2.05) is 0 Å². The first-order valence-corrected chi connectivity index (χ1v) is 19.9. The number of hydrogen-bond donors (Lipinski definition) is 16. The van der Waals surface area contributed by atoms with E-state index in [9.17, 15) is 76.6 Å². The highest BCUT2D eigenvalue weighted by atomic mass is 16.8. The molecule has 0 spiro atoms. The highest BCUT2D eigenvalue weighted by molar-refractivity contribution is 4.96. The molecule has 0 amide bonds. The Balaban J connectivity index is 1.69. The van der Waals surface area contributed by atoms with Crippen molar-refractivity contribution in [1.29, 1.82) is 0 Å². The predicted molar refractivity (Wildman–Crippen MR) is 196 cm³/mol. The van der Waals surface area contributed by atoms with Crippen LogP contribution in [0.3, 0.4) is 0 Å². The van der Waals surface area contributed by atoms with Gasteiger partial charge >= 0.3 is 0 Å². The van der Waals surface area contributed by atoms with Crippen molar-refractivity contribution >= 4 is 0 Å². The minimum absolute atomic E-state index is 0.0644. The summed E-state index contributed by atoms with van der Waals surface area (Å²) in [6.45, 7) is -0.917. The molecule has 3 heterocycles. The van der Waals surface area contributed by atoms with Gasteiger partial charge in [-0.25, -0.2) is 0 Å². The van der Waals surface area contributed by atoms with E-state index in [1.165, 1.54) is 20.8 Å². The zero-order valence-electron chi connectivity index (χ0n) is 34.0. The molecule has 3 aliphatic rings. The molecule has 3 saturated heterocycles. The number of ether oxygens (including phenoxy) is 10. The fourth-order valence-electron chi connectivity index (χ4n) is 6.59. The van der Waals surface area contributed by atoms with Crippen LogP contribution < -0.4 is 5.73 Å². The molecule has 0 aromatic carbocycles. The van der Waals surface area contributed by atoms with E-state index in [1.54, 1.807) is 0 Å². The Morgan fingerprint density at radius 1 is 0.525 bits per heavy atom. The molecule has 0 radical (unpaired) electrons. The van der Waals surface area contributed by atoms with Crippen LogP contribution in [0.1, 0.15) is 27.2 Å². The Bertz CT molecular complexity index is 1190. The van der Waals surface area contributed by atoms with Crippen molar-refractivity contribution < 1.29 is 124 Å². The largest absolute Gasteiger partial charge is 0.394 e. The third-order valence-electron chi connectivity index (χ3n) is 10.2. The van der Waals surface area contributed by atoms with Gasteiger partial charge < -0.3 is 130 Å². The van der Waals surface area contributed by atoms with Gasteiger partial charge in [-0.3, -0.25) is 0 Å².